The molecule has 0 spiro atoms. The molecule has 1 fully saturated rings. The molecular formula is C23H35N7O2. The number of aryl methyl sites for hydroxylation is 1. The molecule has 174 valence electrons. The van der Waals surface area contributed by atoms with E-state index in [9.17, 15) is 0 Å². The van der Waals surface area contributed by atoms with Gasteiger partial charge in [-0.2, -0.15) is 0 Å². The summed E-state index contributed by atoms with van der Waals surface area (Å²) in [7, 11) is 3.41. The van der Waals surface area contributed by atoms with Crippen LogP contribution in [0.5, 0.6) is 11.5 Å². The van der Waals surface area contributed by atoms with Crippen LogP contribution in [0.15, 0.2) is 23.2 Å². The molecule has 9 heteroatoms. The largest absolute Gasteiger partial charge is 0.497 e. The fourth-order valence-electron chi connectivity index (χ4n) is 4.42. The third kappa shape index (κ3) is 5.15. The van der Waals surface area contributed by atoms with Gasteiger partial charge in [0.05, 0.1) is 14.2 Å². The summed E-state index contributed by atoms with van der Waals surface area (Å²) in [6.45, 7) is 9.15. The highest BCUT2D eigenvalue weighted by Gasteiger charge is 2.22. The minimum absolute atomic E-state index is 0.566. The lowest BCUT2D eigenvalue weighted by atomic mass is 10.1. The Morgan fingerprint density at radius 1 is 1.06 bits per heavy atom. The average Bonchev–Trinajstić information content (AvgIpc) is 3.25. The van der Waals surface area contributed by atoms with Gasteiger partial charge in [0, 0.05) is 57.8 Å². The molecule has 9 nitrogen and oxygen atoms in total. The van der Waals surface area contributed by atoms with Crippen molar-refractivity contribution >= 4 is 5.96 Å². The zero-order chi connectivity index (χ0) is 22.3. The zero-order valence-electron chi connectivity index (χ0n) is 19.5. The number of piperazine rings is 1. The maximum absolute atomic E-state index is 5.55. The van der Waals surface area contributed by atoms with Gasteiger partial charge >= 0.3 is 0 Å². The normalized spacial score (nSPS) is 17.2. The van der Waals surface area contributed by atoms with Crippen molar-refractivity contribution in [3.8, 4) is 11.5 Å². The van der Waals surface area contributed by atoms with E-state index in [1.807, 2.05) is 12.1 Å². The monoisotopic (exact) mass is 441 g/mol. The highest BCUT2D eigenvalue weighted by Crippen LogP contribution is 2.25. The van der Waals surface area contributed by atoms with Crippen LogP contribution in [-0.4, -0.2) is 77.5 Å². The van der Waals surface area contributed by atoms with Crippen molar-refractivity contribution in [2.24, 2.45) is 4.99 Å². The number of fused-ring (bicyclic) bond motifs is 1. The topological polar surface area (TPSA) is 80.0 Å². The number of aromatic nitrogens is 3. The molecule has 2 aliphatic heterocycles. The van der Waals surface area contributed by atoms with Crippen molar-refractivity contribution in [1.82, 2.24) is 29.9 Å². The summed E-state index contributed by atoms with van der Waals surface area (Å²) in [6.07, 6.45) is 3.43. The molecule has 0 atom stereocenters. The molecular weight excluding hydrogens is 406 g/mol. The predicted octanol–water partition coefficient (Wildman–Crippen LogP) is 1.91. The lowest BCUT2D eigenvalue weighted by Crippen LogP contribution is -2.52. The standard InChI is InChI=1S/C23H35N7O2/c1-4-24-23(25-16-22-27-26-21-7-5-6-10-30(21)22)29-13-11-28(12-14-29)17-18-15-19(31-2)8-9-20(18)32-3/h8-9,15H,4-7,10-14,16-17H2,1-3H3,(H,24,25). The number of hydrogen-bond donors (Lipinski definition) is 1. The smallest absolute Gasteiger partial charge is 0.194 e. The molecule has 1 saturated heterocycles. The summed E-state index contributed by atoms with van der Waals surface area (Å²) < 4.78 is 13.2. The van der Waals surface area contributed by atoms with Crippen LogP contribution in [0.3, 0.4) is 0 Å². The Balaban J connectivity index is 1.37. The first-order chi connectivity index (χ1) is 15.7. The first-order valence-corrected chi connectivity index (χ1v) is 11.6. The molecule has 0 unspecified atom stereocenters. The van der Waals surface area contributed by atoms with Gasteiger partial charge in [-0.1, -0.05) is 0 Å². The molecule has 1 N–H and O–H groups in total. The van der Waals surface area contributed by atoms with E-state index in [1.165, 1.54) is 12.8 Å². The Hall–Kier alpha value is -2.81. The highest BCUT2D eigenvalue weighted by molar-refractivity contribution is 5.80. The summed E-state index contributed by atoms with van der Waals surface area (Å²) in [5.41, 5.74) is 1.15. The van der Waals surface area contributed by atoms with Gasteiger partial charge in [-0.15, -0.1) is 10.2 Å². The number of rotatable bonds is 7. The second kappa shape index (κ2) is 10.7. The molecule has 1 aromatic heterocycles. The number of ether oxygens (including phenoxy) is 2. The number of methoxy groups -OCH3 is 2. The van der Waals surface area contributed by atoms with Gasteiger partial charge < -0.3 is 24.3 Å². The van der Waals surface area contributed by atoms with Crippen LogP contribution in [0.25, 0.3) is 0 Å². The van der Waals surface area contributed by atoms with Crippen molar-refractivity contribution in [3.05, 3.63) is 35.4 Å². The zero-order valence-corrected chi connectivity index (χ0v) is 19.5. The number of hydrogen-bond acceptors (Lipinski definition) is 6. The van der Waals surface area contributed by atoms with Crippen molar-refractivity contribution in [1.29, 1.82) is 0 Å². The van der Waals surface area contributed by atoms with Gasteiger partial charge in [0.25, 0.3) is 0 Å². The summed E-state index contributed by atoms with van der Waals surface area (Å²) in [5.74, 6) is 4.79. The number of nitrogens with zero attached hydrogens (tertiary/aromatic N) is 6. The van der Waals surface area contributed by atoms with Gasteiger partial charge in [-0.05, 0) is 38.0 Å². The fraction of sp³-hybridized carbons (Fsp3) is 0.609. The molecule has 0 saturated carbocycles. The van der Waals surface area contributed by atoms with E-state index >= 15 is 0 Å². The van der Waals surface area contributed by atoms with E-state index < -0.39 is 0 Å². The third-order valence-corrected chi connectivity index (χ3v) is 6.19. The van der Waals surface area contributed by atoms with Crippen LogP contribution in [0.2, 0.25) is 0 Å². The Labute approximate surface area is 190 Å². The molecule has 4 rings (SSSR count). The van der Waals surface area contributed by atoms with E-state index in [-0.39, 0.29) is 0 Å². The maximum atomic E-state index is 5.55. The van der Waals surface area contributed by atoms with Crippen LogP contribution in [0.1, 0.15) is 37.0 Å². The van der Waals surface area contributed by atoms with E-state index in [4.69, 9.17) is 14.5 Å². The first-order valence-electron chi connectivity index (χ1n) is 11.6. The molecule has 1 aromatic carbocycles. The predicted molar refractivity (Wildman–Crippen MR) is 124 cm³/mol. The van der Waals surface area contributed by atoms with Gasteiger partial charge in [0.2, 0.25) is 0 Å². The molecule has 2 aliphatic rings. The summed E-state index contributed by atoms with van der Waals surface area (Å²) in [4.78, 5) is 9.69. The summed E-state index contributed by atoms with van der Waals surface area (Å²) >= 11 is 0. The molecule has 0 radical (unpaired) electrons. The Kier molecular flexibility index (Phi) is 7.47. The summed E-state index contributed by atoms with van der Waals surface area (Å²) in [5, 5.41) is 12.2. The van der Waals surface area contributed by atoms with Crippen molar-refractivity contribution in [2.45, 2.75) is 45.8 Å². The van der Waals surface area contributed by atoms with Gasteiger partial charge in [-0.3, -0.25) is 4.90 Å². The fourth-order valence-corrected chi connectivity index (χ4v) is 4.42. The van der Waals surface area contributed by atoms with E-state index in [2.05, 4.69) is 42.9 Å². The molecule has 2 aromatic rings. The van der Waals surface area contributed by atoms with E-state index in [0.29, 0.717) is 6.54 Å². The number of aliphatic imine (C=N–C) groups is 1. The van der Waals surface area contributed by atoms with E-state index in [1.54, 1.807) is 14.2 Å². The summed E-state index contributed by atoms with van der Waals surface area (Å²) in [6, 6.07) is 5.98. The molecule has 3 heterocycles. The van der Waals surface area contributed by atoms with Gasteiger partial charge in [0.1, 0.15) is 23.9 Å². The SMILES string of the molecule is CCNC(=NCc1nnc2n1CCCC2)N1CCN(Cc2cc(OC)ccc2OC)CC1. The van der Waals surface area contributed by atoms with Crippen molar-refractivity contribution in [3.63, 3.8) is 0 Å². The van der Waals surface area contributed by atoms with Crippen LogP contribution < -0.4 is 14.8 Å². The second-order valence-corrected chi connectivity index (χ2v) is 8.25. The average molecular weight is 442 g/mol. The molecule has 0 bridgehead atoms. The molecule has 0 aliphatic carbocycles. The van der Waals surface area contributed by atoms with Crippen molar-refractivity contribution < 1.29 is 9.47 Å². The van der Waals surface area contributed by atoms with Crippen molar-refractivity contribution in [2.75, 3.05) is 46.9 Å². The van der Waals surface area contributed by atoms with Gasteiger partial charge in [-0.25, -0.2) is 4.99 Å². The molecule has 0 amide bonds. The van der Waals surface area contributed by atoms with Crippen LogP contribution >= 0.6 is 0 Å². The number of guanidine groups is 1. The Morgan fingerprint density at radius 3 is 2.66 bits per heavy atom. The van der Waals surface area contributed by atoms with Gasteiger partial charge in [0.15, 0.2) is 11.8 Å². The molecule has 32 heavy (non-hydrogen) atoms. The quantitative estimate of drug-likeness (QED) is 0.519. The highest BCUT2D eigenvalue weighted by atomic mass is 16.5. The minimum atomic E-state index is 0.566. The lowest BCUT2D eigenvalue weighted by molar-refractivity contribution is 0.171. The minimum Gasteiger partial charge on any atom is -0.497 e. The number of nitrogens with one attached hydrogen (secondary N) is 1. The van der Waals surface area contributed by atoms with Crippen LogP contribution in [0, 0.1) is 0 Å². The Morgan fingerprint density at radius 2 is 1.91 bits per heavy atom. The van der Waals surface area contributed by atoms with Crippen LogP contribution in [-0.2, 0) is 26.1 Å². The third-order valence-electron chi connectivity index (χ3n) is 6.19. The lowest BCUT2D eigenvalue weighted by Gasteiger charge is -2.36. The van der Waals surface area contributed by atoms with E-state index in [0.717, 1.165) is 86.9 Å². The van der Waals surface area contributed by atoms with Crippen LogP contribution in [0.4, 0.5) is 0 Å². The Bertz CT molecular complexity index is 919. The second-order valence-electron chi connectivity index (χ2n) is 8.25. The number of benzene rings is 1. The maximum Gasteiger partial charge on any atom is 0.194 e. The first kappa shape index (κ1) is 22.4.